The predicted octanol–water partition coefficient (Wildman–Crippen LogP) is 8.29. The Morgan fingerprint density at radius 1 is 0.857 bits per heavy atom. The first kappa shape index (κ1) is 26.9. The monoisotopic (exact) mass is 514 g/mol. The molecule has 9 heteroatoms. The predicted molar refractivity (Wildman–Crippen MR) is 127 cm³/mol. The van der Waals surface area contributed by atoms with E-state index in [0.717, 1.165) is 11.5 Å². The molecule has 1 unspecified atom stereocenters. The van der Waals surface area contributed by atoms with Crippen molar-refractivity contribution in [3.8, 4) is 22.6 Å². The highest BCUT2D eigenvalue weighted by Crippen LogP contribution is 2.44. The topological polar surface area (TPSA) is 18.5 Å². The molecule has 0 N–H and O–H groups in total. The lowest BCUT2D eigenvalue weighted by Gasteiger charge is -2.17. The minimum Gasteiger partial charge on any atom is -0.488 e. The Hall–Kier alpha value is -2.73. The second-order valence-corrected chi connectivity index (χ2v) is 9.72. The molecule has 4 rings (SSSR count). The summed E-state index contributed by atoms with van der Waals surface area (Å²) in [6.45, 7) is 6.78. The molecule has 1 aliphatic heterocycles. The summed E-state index contributed by atoms with van der Waals surface area (Å²) >= 11 is 0. The zero-order valence-electron chi connectivity index (χ0n) is 19.3. The van der Waals surface area contributed by atoms with Crippen LogP contribution in [0.15, 0.2) is 60.7 Å². The highest BCUT2D eigenvalue weighted by atomic mass is 31.1. The van der Waals surface area contributed by atoms with Crippen LogP contribution in [0.25, 0.3) is 11.1 Å². The molecule has 0 amide bonds. The Morgan fingerprint density at radius 3 is 1.97 bits per heavy atom. The van der Waals surface area contributed by atoms with Crippen molar-refractivity contribution in [3.05, 3.63) is 77.4 Å². The highest BCUT2D eigenvalue weighted by molar-refractivity contribution is 7.48. The van der Waals surface area contributed by atoms with E-state index in [1.807, 2.05) is 30.3 Å². The number of halogens is 6. The largest absolute Gasteiger partial charge is 0.488 e. The Bertz CT molecular complexity index is 1110. The van der Waals surface area contributed by atoms with Crippen LogP contribution < -0.4 is 14.8 Å². The van der Waals surface area contributed by atoms with Crippen LogP contribution in [-0.4, -0.2) is 6.35 Å². The summed E-state index contributed by atoms with van der Waals surface area (Å²) in [5.41, 5.74) is -1.84. The minimum atomic E-state index is -4.92. The number of alkyl halides is 6. The van der Waals surface area contributed by atoms with Crippen LogP contribution >= 0.6 is 8.58 Å². The zero-order valence-corrected chi connectivity index (χ0v) is 20.3. The Labute approximate surface area is 202 Å². The molecule has 0 saturated carbocycles. The Kier molecular flexibility index (Phi) is 8.37. The van der Waals surface area contributed by atoms with Crippen LogP contribution in [0.4, 0.5) is 26.3 Å². The van der Waals surface area contributed by atoms with Crippen LogP contribution in [-0.2, 0) is 19.0 Å². The van der Waals surface area contributed by atoms with Crippen molar-refractivity contribution in [2.45, 2.75) is 39.7 Å². The van der Waals surface area contributed by atoms with Crippen molar-refractivity contribution in [2.75, 3.05) is 6.35 Å². The summed E-state index contributed by atoms with van der Waals surface area (Å²) in [6, 6.07) is 13.9. The van der Waals surface area contributed by atoms with E-state index in [0.29, 0.717) is 29.5 Å². The SMILES string of the molecule is CC(C)C.FC(F)(F)c1cc(-c2ccc(OCc3ccccc3)c3c2OCP3)cc(C(F)(F)F)c1. The van der Waals surface area contributed by atoms with Crippen molar-refractivity contribution in [2.24, 2.45) is 5.92 Å². The highest BCUT2D eigenvalue weighted by Gasteiger charge is 2.37. The third-order valence-corrected chi connectivity index (χ3v) is 5.84. The summed E-state index contributed by atoms with van der Waals surface area (Å²) in [5.74, 6) is 1.60. The van der Waals surface area contributed by atoms with Crippen molar-refractivity contribution in [3.63, 3.8) is 0 Å². The van der Waals surface area contributed by atoms with E-state index >= 15 is 0 Å². The lowest BCUT2D eigenvalue weighted by atomic mass is 9.98. The molecule has 0 spiro atoms. The Morgan fingerprint density at radius 2 is 1.43 bits per heavy atom. The number of hydrogen-bond donors (Lipinski definition) is 0. The molecule has 0 saturated heterocycles. The number of hydrogen-bond acceptors (Lipinski definition) is 2. The van der Waals surface area contributed by atoms with Crippen LogP contribution in [0.5, 0.6) is 11.5 Å². The summed E-state index contributed by atoms with van der Waals surface area (Å²) in [7, 11) is 0.168. The average molecular weight is 514 g/mol. The average Bonchev–Trinajstić information content (AvgIpc) is 3.26. The molecule has 3 aromatic rings. The van der Waals surface area contributed by atoms with Crippen LogP contribution in [0.3, 0.4) is 0 Å². The fraction of sp³-hybridized carbons (Fsp3) is 0.308. The maximum absolute atomic E-state index is 13.2. The van der Waals surface area contributed by atoms with Crippen molar-refractivity contribution < 1.29 is 35.8 Å². The van der Waals surface area contributed by atoms with Gasteiger partial charge >= 0.3 is 12.4 Å². The molecule has 0 aromatic heterocycles. The van der Waals surface area contributed by atoms with Crippen molar-refractivity contribution in [1.29, 1.82) is 0 Å². The quantitative estimate of drug-likeness (QED) is 0.258. The zero-order chi connectivity index (χ0) is 25.8. The first-order chi connectivity index (χ1) is 16.4. The molecule has 1 heterocycles. The van der Waals surface area contributed by atoms with E-state index in [4.69, 9.17) is 9.47 Å². The van der Waals surface area contributed by atoms with Gasteiger partial charge in [0.2, 0.25) is 0 Å². The van der Waals surface area contributed by atoms with Gasteiger partial charge in [0.25, 0.3) is 0 Å². The van der Waals surface area contributed by atoms with Crippen molar-refractivity contribution in [1.82, 2.24) is 0 Å². The third kappa shape index (κ3) is 7.14. The second kappa shape index (κ2) is 10.9. The maximum atomic E-state index is 13.2. The van der Waals surface area contributed by atoms with E-state index in [1.165, 1.54) is 6.07 Å². The van der Waals surface area contributed by atoms with Gasteiger partial charge in [0.15, 0.2) is 0 Å². The van der Waals surface area contributed by atoms with Gasteiger partial charge in [-0.15, -0.1) is 0 Å². The first-order valence-electron chi connectivity index (χ1n) is 10.9. The van der Waals surface area contributed by atoms with E-state index in [1.54, 1.807) is 6.07 Å². The maximum Gasteiger partial charge on any atom is 0.416 e. The molecule has 1 aliphatic rings. The Balaban J connectivity index is 0.000000795. The molecule has 2 nitrogen and oxygen atoms in total. The lowest BCUT2D eigenvalue weighted by Crippen LogP contribution is -2.11. The summed E-state index contributed by atoms with van der Waals surface area (Å²) in [4.78, 5) is 0. The smallest absolute Gasteiger partial charge is 0.416 e. The molecule has 0 aliphatic carbocycles. The number of fused-ring (bicyclic) bond motifs is 1. The van der Waals surface area contributed by atoms with E-state index < -0.39 is 23.5 Å². The molecule has 0 fully saturated rings. The molecular formula is C26H25F6O2P. The normalized spacial score (nSPS) is 13.8. The second-order valence-electron chi connectivity index (χ2n) is 8.58. The van der Waals surface area contributed by atoms with E-state index in [-0.39, 0.29) is 38.1 Å². The molecule has 188 valence electrons. The van der Waals surface area contributed by atoms with Gasteiger partial charge in [-0.1, -0.05) is 51.1 Å². The van der Waals surface area contributed by atoms with Gasteiger partial charge in [-0.2, -0.15) is 26.3 Å². The molecule has 0 radical (unpaired) electrons. The molecular weight excluding hydrogens is 489 g/mol. The first-order valence-corrected chi connectivity index (χ1v) is 12.1. The molecule has 0 bridgehead atoms. The van der Waals surface area contributed by atoms with Gasteiger partial charge in [0, 0.05) is 5.56 Å². The van der Waals surface area contributed by atoms with Gasteiger partial charge in [-0.25, -0.2) is 0 Å². The molecule has 1 atom stereocenters. The summed E-state index contributed by atoms with van der Waals surface area (Å²) in [6.07, 6.45) is -9.54. The van der Waals surface area contributed by atoms with Crippen molar-refractivity contribution >= 4 is 13.9 Å². The molecule has 3 aromatic carbocycles. The fourth-order valence-electron chi connectivity index (χ4n) is 3.26. The van der Waals surface area contributed by atoms with Gasteiger partial charge in [-0.05, 0) is 56.0 Å². The number of rotatable bonds is 4. The van der Waals surface area contributed by atoms with Gasteiger partial charge in [0.05, 0.1) is 16.4 Å². The summed E-state index contributed by atoms with van der Waals surface area (Å²) < 4.78 is 90.9. The van der Waals surface area contributed by atoms with Gasteiger partial charge < -0.3 is 9.47 Å². The minimum absolute atomic E-state index is 0.115. The summed E-state index contributed by atoms with van der Waals surface area (Å²) in [5, 5.41) is 0.652. The number of benzene rings is 3. The van der Waals surface area contributed by atoms with Crippen LogP contribution in [0.1, 0.15) is 37.5 Å². The standard InChI is InChI=1S/C22H15F6O2P.C4H10/c23-21(24,25)15-8-14(9-16(10-15)22(26,27)28)17-6-7-18(20-19(17)30-12-31-20)29-11-13-4-2-1-3-5-13;1-4(2)3/h1-10,31H,11-12H2;4H,1-3H3. The third-order valence-electron chi connectivity index (χ3n) is 4.72. The van der Waals surface area contributed by atoms with E-state index in [2.05, 4.69) is 20.8 Å². The fourth-order valence-corrected chi connectivity index (χ4v) is 4.31. The van der Waals surface area contributed by atoms with Crippen LogP contribution in [0, 0.1) is 5.92 Å². The van der Waals surface area contributed by atoms with Crippen LogP contribution in [0.2, 0.25) is 0 Å². The van der Waals surface area contributed by atoms with Gasteiger partial charge in [-0.3, -0.25) is 0 Å². The van der Waals surface area contributed by atoms with E-state index in [9.17, 15) is 26.3 Å². The lowest BCUT2D eigenvalue weighted by molar-refractivity contribution is -0.143. The molecule has 35 heavy (non-hydrogen) atoms. The van der Waals surface area contributed by atoms with Gasteiger partial charge in [0.1, 0.15) is 24.5 Å². The number of ether oxygens (including phenoxy) is 2.